The van der Waals surface area contributed by atoms with E-state index >= 15 is 0 Å². The molecule has 2 aliphatic rings. The molecule has 0 aliphatic carbocycles. The van der Waals surface area contributed by atoms with Crippen LogP contribution < -0.4 is 11.1 Å². The lowest BCUT2D eigenvalue weighted by Gasteiger charge is -2.36. The molecule has 5 heteroatoms. The van der Waals surface area contributed by atoms with Gasteiger partial charge in [-0.2, -0.15) is 0 Å². The normalized spacial score (nSPS) is 35.0. The summed E-state index contributed by atoms with van der Waals surface area (Å²) in [4.78, 5) is 25.0. The zero-order valence-electron chi connectivity index (χ0n) is 9.61. The Hall–Kier alpha value is -1.10. The molecule has 2 amide bonds. The Morgan fingerprint density at radius 3 is 2.81 bits per heavy atom. The van der Waals surface area contributed by atoms with Crippen LogP contribution in [0.1, 0.15) is 26.2 Å². The van der Waals surface area contributed by atoms with Gasteiger partial charge in [0.1, 0.15) is 6.04 Å². The minimum atomic E-state index is -0.315. The number of likely N-dealkylation sites (tertiary alicyclic amines) is 1. The molecule has 0 aromatic rings. The Balaban J connectivity index is 1.96. The number of hydrogen-bond acceptors (Lipinski definition) is 3. The lowest BCUT2D eigenvalue weighted by atomic mass is 9.96. The molecule has 2 heterocycles. The van der Waals surface area contributed by atoms with Crippen molar-refractivity contribution in [3.05, 3.63) is 0 Å². The zero-order valence-corrected chi connectivity index (χ0v) is 9.61. The molecule has 2 unspecified atom stereocenters. The zero-order chi connectivity index (χ0) is 11.7. The highest BCUT2D eigenvalue weighted by molar-refractivity contribution is 5.90. The molecule has 0 bridgehead atoms. The van der Waals surface area contributed by atoms with Gasteiger partial charge in [-0.3, -0.25) is 9.59 Å². The van der Waals surface area contributed by atoms with Crippen molar-refractivity contribution in [1.29, 1.82) is 0 Å². The summed E-state index contributed by atoms with van der Waals surface area (Å²) in [5, 5.41) is 2.71. The van der Waals surface area contributed by atoms with E-state index in [1.807, 2.05) is 0 Å². The van der Waals surface area contributed by atoms with Crippen molar-refractivity contribution in [3.8, 4) is 0 Å². The van der Waals surface area contributed by atoms with E-state index in [0.29, 0.717) is 25.3 Å². The van der Waals surface area contributed by atoms with E-state index in [-0.39, 0.29) is 23.9 Å². The largest absolute Gasteiger partial charge is 0.344 e. The summed E-state index contributed by atoms with van der Waals surface area (Å²) in [6.45, 7) is 3.49. The minimum absolute atomic E-state index is 0.0206. The van der Waals surface area contributed by atoms with Gasteiger partial charge in [0.15, 0.2) is 0 Å². The lowest BCUT2D eigenvalue weighted by Crippen LogP contribution is -2.53. The Bertz CT molecular complexity index is 296. The first-order valence-electron chi connectivity index (χ1n) is 5.90. The van der Waals surface area contributed by atoms with E-state index in [4.69, 9.17) is 5.73 Å². The van der Waals surface area contributed by atoms with Crippen LogP contribution >= 0.6 is 0 Å². The third-order valence-corrected chi connectivity index (χ3v) is 3.30. The van der Waals surface area contributed by atoms with Crippen molar-refractivity contribution in [2.45, 2.75) is 38.3 Å². The van der Waals surface area contributed by atoms with Crippen LogP contribution in [0.5, 0.6) is 0 Å². The van der Waals surface area contributed by atoms with E-state index in [9.17, 15) is 9.59 Å². The van der Waals surface area contributed by atoms with Gasteiger partial charge in [0.2, 0.25) is 11.8 Å². The van der Waals surface area contributed by atoms with Crippen molar-refractivity contribution in [3.63, 3.8) is 0 Å². The first-order chi connectivity index (χ1) is 7.56. The molecular formula is C11H19N3O2. The number of nitrogens with two attached hydrogens (primary N) is 1. The van der Waals surface area contributed by atoms with E-state index < -0.39 is 0 Å². The van der Waals surface area contributed by atoms with E-state index in [2.05, 4.69) is 12.2 Å². The molecule has 2 aliphatic heterocycles. The second-order valence-electron chi connectivity index (χ2n) is 5.00. The summed E-state index contributed by atoms with van der Waals surface area (Å²) in [5.41, 5.74) is 5.90. The van der Waals surface area contributed by atoms with Gasteiger partial charge < -0.3 is 16.0 Å². The van der Waals surface area contributed by atoms with Crippen LogP contribution in [0.15, 0.2) is 0 Å². The first kappa shape index (κ1) is 11.4. The van der Waals surface area contributed by atoms with Crippen LogP contribution in [-0.2, 0) is 9.59 Å². The summed E-state index contributed by atoms with van der Waals surface area (Å²) < 4.78 is 0. The highest BCUT2D eigenvalue weighted by Gasteiger charge is 2.33. The molecular weight excluding hydrogens is 206 g/mol. The number of carbonyl (C=O) groups excluding carboxylic acids is 2. The third-order valence-electron chi connectivity index (χ3n) is 3.30. The Kier molecular flexibility index (Phi) is 3.14. The summed E-state index contributed by atoms with van der Waals surface area (Å²) >= 11 is 0. The van der Waals surface area contributed by atoms with Gasteiger partial charge in [-0.15, -0.1) is 0 Å². The van der Waals surface area contributed by atoms with Gasteiger partial charge >= 0.3 is 0 Å². The molecule has 90 valence electrons. The van der Waals surface area contributed by atoms with Crippen LogP contribution in [0.2, 0.25) is 0 Å². The number of rotatable bonds is 1. The van der Waals surface area contributed by atoms with Crippen LogP contribution in [0.25, 0.3) is 0 Å². The quantitative estimate of drug-likeness (QED) is 0.629. The molecule has 0 aromatic carbocycles. The van der Waals surface area contributed by atoms with Crippen molar-refractivity contribution in [2.24, 2.45) is 11.7 Å². The van der Waals surface area contributed by atoms with Crippen molar-refractivity contribution in [2.75, 3.05) is 13.1 Å². The Morgan fingerprint density at radius 1 is 1.50 bits per heavy atom. The van der Waals surface area contributed by atoms with Gasteiger partial charge in [-0.1, -0.05) is 6.92 Å². The predicted molar refractivity (Wildman–Crippen MR) is 59.5 cm³/mol. The minimum Gasteiger partial charge on any atom is -0.344 e. The number of amides is 2. The molecule has 2 saturated heterocycles. The summed E-state index contributed by atoms with van der Waals surface area (Å²) in [5.74, 6) is 0.463. The maximum atomic E-state index is 12.1. The van der Waals surface area contributed by atoms with Crippen LogP contribution in [-0.4, -0.2) is 41.9 Å². The fraction of sp³-hybridized carbons (Fsp3) is 0.818. The maximum absolute atomic E-state index is 12.1. The molecule has 2 fully saturated rings. The average molecular weight is 225 g/mol. The summed E-state index contributed by atoms with van der Waals surface area (Å²) in [7, 11) is 0. The lowest BCUT2D eigenvalue weighted by molar-refractivity contribution is -0.136. The van der Waals surface area contributed by atoms with Gasteiger partial charge in [-0.25, -0.2) is 0 Å². The first-order valence-corrected chi connectivity index (χ1v) is 5.90. The molecule has 3 N–H and O–H groups in total. The second kappa shape index (κ2) is 4.41. The molecule has 0 saturated carbocycles. The van der Waals surface area contributed by atoms with Gasteiger partial charge in [0, 0.05) is 25.6 Å². The standard InChI is InChI=1S/C11H19N3O2/c1-7-4-8(12)6-14(5-7)11(16)9-2-3-10(15)13-9/h7-9H,2-6,12H2,1H3,(H,13,15)/t7?,8?,9-/m1/s1. The highest BCUT2D eigenvalue weighted by Crippen LogP contribution is 2.18. The number of piperidine rings is 1. The summed E-state index contributed by atoms with van der Waals surface area (Å²) in [6.07, 6.45) is 2.06. The topological polar surface area (TPSA) is 75.4 Å². The number of carbonyl (C=O) groups is 2. The van der Waals surface area contributed by atoms with Crippen LogP contribution in [0, 0.1) is 5.92 Å². The van der Waals surface area contributed by atoms with E-state index in [1.165, 1.54) is 0 Å². The number of nitrogens with zero attached hydrogens (tertiary/aromatic N) is 1. The molecule has 0 radical (unpaired) electrons. The van der Waals surface area contributed by atoms with Crippen molar-refractivity contribution in [1.82, 2.24) is 10.2 Å². The van der Waals surface area contributed by atoms with Gasteiger partial charge in [0.25, 0.3) is 0 Å². The molecule has 2 rings (SSSR count). The smallest absolute Gasteiger partial charge is 0.245 e. The van der Waals surface area contributed by atoms with E-state index in [0.717, 1.165) is 13.0 Å². The molecule has 0 aromatic heterocycles. The van der Waals surface area contributed by atoms with Gasteiger partial charge in [0.05, 0.1) is 0 Å². The maximum Gasteiger partial charge on any atom is 0.245 e. The van der Waals surface area contributed by atoms with Crippen LogP contribution in [0.4, 0.5) is 0 Å². The average Bonchev–Trinajstić information content (AvgIpc) is 2.62. The summed E-state index contributed by atoms with van der Waals surface area (Å²) in [6, 6.07) is -0.241. The number of hydrogen-bond donors (Lipinski definition) is 2. The monoisotopic (exact) mass is 225 g/mol. The Labute approximate surface area is 95.3 Å². The van der Waals surface area contributed by atoms with E-state index in [1.54, 1.807) is 4.90 Å². The second-order valence-corrected chi connectivity index (χ2v) is 5.00. The SMILES string of the molecule is CC1CC(N)CN(C(=O)[C@H]2CCC(=O)N2)C1. The molecule has 16 heavy (non-hydrogen) atoms. The van der Waals surface area contributed by atoms with Crippen molar-refractivity contribution < 1.29 is 9.59 Å². The molecule has 3 atom stereocenters. The molecule has 0 spiro atoms. The number of nitrogens with one attached hydrogen (secondary N) is 1. The Morgan fingerprint density at radius 2 is 2.25 bits per heavy atom. The molecule has 5 nitrogen and oxygen atoms in total. The predicted octanol–water partition coefficient (Wildman–Crippen LogP) is -0.539. The third kappa shape index (κ3) is 2.35. The fourth-order valence-electron chi connectivity index (χ4n) is 2.60. The van der Waals surface area contributed by atoms with Crippen LogP contribution in [0.3, 0.4) is 0 Å². The van der Waals surface area contributed by atoms with Gasteiger partial charge in [-0.05, 0) is 18.8 Å². The van der Waals surface area contributed by atoms with Crippen molar-refractivity contribution >= 4 is 11.8 Å². The highest BCUT2D eigenvalue weighted by atomic mass is 16.2. The fourth-order valence-corrected chi connectivity index (χ4v) is 2.60.